The lowest BCUT2D eigenvalue weighted by Gasteiger charge is -2.00. The van der Waals surface area contributed by atoms with Gasteiger partial charge in [0.05, 0.1) is 26.1 Å². The quantitative estimate of drug-likeness (QED) is 0.132. The van der Waals surface area contributed by atoms with E-state index in [9.17, 15) is 9.59 Å². The second-order valence-corrected chi connectivity index (χ2v) is 14.4. The third kappa shape index (κ3) is 7.15. The minimum atomic E-state index is -0.161. The largest absolute Gasteiger partial charge is 0.465 e. The van der Waals surface area contributed by atoms with Crippen LogP contribution in [0.5, 0.6) is 0 Å². The molecule has 0 aliphatic rings. The summed E-state index contributed by atoms with van der Waals surface area (Å²) < 4.78 is 10.4. The molecule has 0 saturated heterocycles. The minimum absolute atomic E-state index is 0.161. The van der Waals surface area contributed by atoms with Crippen molar-refractivity contribution in [2.45, 2.75) is 39.5 Å². The second-order valence-electron chi connectivity index (χ2n) is 8.82. The molecule has 0 aliphatic heterocycles. The third-order valence-corrected chi connectivity index (χ3v) is 11.9. The second kappa shape index (κ2) is 13.2. The average Bonchev–Trinajstić information content (AvgIpc) is 3.75. The summed E-state index contributed by atoms with van der Waals surface area (Å²) in [5, 5.41) is 0. The highest BCUT2D eigenvalue weighted by Gasteiger charge is 2.14. The van der Waals surface area contributed by atoms with Crippen LogP contribution in [0.25, 0.3) is 39.0 Å². The Morgan fingerprint density at radius 2 is 0.769 bits per heavy atom. The minimum Gasteiger partial charge on any atom is -0.465 e. The molecule has 0 aliphatic carbocycles. The van der Waals surface area contributed by atoms with Crippen LogP contribution in [0.1, 0.15) is 36.4 Å². The maximum absolute atomic E-state index is 12.0. The SMILES string of the molecule is CCCOC(=O)Cc1ccc(-c2ccc(-c3ccc(-c4ccc(-c5ccc(CC(=O)OCCC)s5)s4)s3)s2)s1. The van der Waals surface area contributed by atoms with Crippen molar-refractivity contribution in [3.05, 3.63) is 70.4 Å². The molecule has 9 heteroatoms. The normalized spacial score (nSPS) is 11.1. The molecule has 4 nitrogen and oxygen atoms in total. The molecular weight excluding hydrogens is 585 g/mol. The van der Waals surface area contributed by atoms with Crippen LogP contribution in [-0.4, -0.2) is 25.2 Å². The van der Waals surface area contributed by atoms with Gasteiger partial charge in [-0.1, -0.05) is 13.8 Å². The van der Waals surface area contributed by atoms with Gasteiger partial charge in [-0.25, -0.2) is 0 Å². The molecule has 202 valence electrons. The number of hydrogen-bond acceptors (Lipinski definition) is 9. The van der Waals surface area contributed by atoms with Crippen molar-refractivity contribution in [3.63, 3.8) is 0 Å². The van der Waals surface area contributed by atoms with E-state index in [1.165, 1.54) is 39.0 Å². The molecule has 0 atom stereocenters. The molecule has 0 N–H and O–H groups in total. The Hall–Kier alpha value is -2.56. The van der Waals surface area contributed by atoms with Crippen LogP contribution < -0.4 is 0 Å². The molecular formula is C30H28O4S5. The van der Waals surface area contributed by atoms with Gasteiger partial charge in [-0.2, -0.15) is 0 Å². The highest BCUT2D eigenvalue weighted by atomic mass is 32.1. The topological polar surface area (TPSA) is 52.6 Å². The first-order chi connectivity index (χ1) is 19.0. The van der Waals surface area contributed by atoms with Crippen molar-refractivity contribution in [2.24, 2.45) is 0 Å². The van der Waals surface area contributed by atoms with E-state index in [1.807, 2.05) is 26.0 Å². The number of esters is 2. The highest BCUT2D eigenvalue weighted by molar-refractivity contribution is 7.29. The van der Waals surface area contributed by atoms with Crippen LogP contribution in [0, 0.1) is 0 Å². The average molecular weight is 613 g/mol. The van der Waals surface area contributed by atoms with Gasteiger partial charge in [0.25, 0.3) is 0 Å². The lowest BCUT2D eigenvalue weighted by molar-refractivity contribution is -0.143. The fraction of sp³-hybridized carbons (Fsp3) is 0.267. The first-order valence-electron chi connectivity index (χ1n) is 12.8. The van der Waals surface area contributed by atoms with E-state index in [2.05, 4.69) is 48.5 Å². The molecule has 39 heavy (non-hydrogen) atoms. The van der Waals surface area contributed by atoms with Crippen molar-refractivity contribution in [2.75, 3.05) is 13.2 Å². The Morgan fingerprint density at radius 3 is 1.08 bits per heavy atom. The van der Waals surface area contributed by atoms with Gasteiger partial charge >= 0.3 is 11.9 Å². The summed E-state index contributed by atoms with van der Waals surface area (Å²) in [4.78, 5) is 35.7. The van der Waals surface area contributed by atoms with Crippen molar-refractivity contribution < 1.29 is 19.1 Å². The zero-order chi connectivity index (χ0) is 27.2. The van der Waals surface area contributed by atoms with Gasteiger partial charge in [-0.15, -0.1) is 56.7 Å². The molecule has 5 aromatic rings. The molecule has 5 heterocycles. The van der Waals surface area contributed by atoms with Crippen LogP contribution in [-0.2, 0) is 31.9 Å². The zero-order valence-electron chi connectivity index (χ0n) is 21.7. The van der Waals surface area contributed by atoms with Crippen LogP contribution in [0.4, 0.5) is 0 Å². The van der Waals surface area contributed by atoms with E-state index in [4.69, 9.17) is 9.47 Å². The predicted molar refractivity (Wildman–Crippen MR) is 167 cm³/mol. The standard InChI is InChI=1S/C30H28O4S5/c1-3-15-33-29(31)17-19-5-7-21(35-19)23-9-11-25(37-23)27-13-14-28(39-27)26-12-10-24(38-26)22-8-6-20(36-22)18-30(32)34-16-4-2/h5-14H,3-4,15-18H2,1-2H3. The molecule has 0 saturated carbocycles. The molecule has 0 amide bonds. The van der Waals surface area contributed by atoms with Gasteiger partial charge in [0.2, 0.25) is 0 Å². The van der Waals surface area contributed by atoms with Crippen molar-refractivity contribution >= 4 is 68.6 Å². The van der Waals surface area contributed by atoms with Gasteiger partial charge in [0, 0.05) is 48.8 Å². The van der Waals surface area contributed by atoms with Gasteiger partial charge in [-0.05, 0) is 73.5 Å². The fourth-order valence-corrected chi connectivity index (χ4v) is 9.20. The third-order valence-electron chi connectivity index (χ3n) is 5.68. The number of hydrogen-bond donors (Lipinski definition) is 0. The van der Waals surface area contributed by atoms with Gasteiger partial charge < -0.3 is 9.47 Å². The predicted octanol–water partition coefficient (Wildman–Crippen LogP) is 9.65. The van der Waals surface area contributed by atoms with E-state index >= 15 is 0 Å². The summed E-state index contributed by atoms with van der Waals surface area (Å²) in [5.41, 5.74) is 0. The van der Waals surface area contributed by atoms with Crippen molar-refractivity contribution in [1.29, 1.82) is 0 Å². The summed E-state index contributed by atoms with van der Waals surface area (Å²) in [6.45, 7) is 4.95. The van der Waals surface area contributed by atoms with Crippen LogP contribution >= 0.6 is 56.7 Å². The molecule has 0 fully saturated rings. The lowest BCUT2D eigenvalue weighted by Crippen LogP contribution is -2.07. The Kier molecular flexibility index (Phi) is 9.47. The summed E-state index contributed by atoms with van der Waals surface area (Å²) in [6.07, 6.45) is 2.34. The number of rotatable bonds is 12. The van der Waals surface area contributed by atoms with Crippen LogP contribution in [0.2, 0.25) is 0 Å². The van der Waals surface area contributed by atoms with E-state index < -0.39 is 0 Å². The molecule has 0 spiro atoms. The van der Waals surface area contributed by atoms with E-state index in [-0.39, 0.29) is 11.9 Å². The maximum atomic E-state index is 12.0. The van der Waals surface area contributed by atoms with Gasteiger partial charge in [-0.3, -0.25) is 9.59 Å². The molecule has 5 rings (SSSR count). The molecule has 0 bridgehead atoms. The summed E-state index contributed by atoms with van der Waals surface area (Å²) >= 11 is 8.68. The highest BCUT2D eigenvalue weighted by Crippen LogP contribution is 2.44. The van der Waals surface area contributed by atoms with E-state index in [0.717, 1.165) is 22.6 Å². The molecule has 0 aromatic carbocycles. The maximum Gasteiger partial charge on any atom is 0.311 e. The Labute approximate surface area is 248 Å². The first-order valence-corrected chi connectivity index (χ1v) is 16.9. The monoisotopic (exact) mass is 612 g/mol. The summed E-state index contributed by atoms with van der Waals surface area (Å²) in [6, 6.07) is 21.3. The smallest absolute Gasteiger partial charge is 0.311 e. The summed E-state index contributed by atoms with van der Waals surface area (Å²) in [7, 11) is 0. The Balaban J connectivity index is 1.23. The molecule has 0 unspecified atom stereocenters. The number of ether oxygens (including phenoxy) is 2. The molecule has 5 aromatic heterocycles. The number of carbonyl (C=O) groups excluding carboxylic acids is 2. The van der Waals surface area contributed by atoms with E-state index in [1.54, 1.807) is 56.7 Å². The van der Waals surface area contributed by atoms with Crippen LogP contribution in [0.15, 0.2) is 60.7 Å². The van der Waals surface area contributed by atoms with Crippen molar-refractivity contribution in [1.82, 2.24) is 0 Å². The fourth-order valence-electron chi connectivity index (χ4n) is 3.84. The summed E-state index contributed by atoms with van der Waals surface area (Å²) in [5.74, 6) is -0.321. The first kappa shape index (κ1) is 28.0. The van der Waals surface area contributed by atoms with Crippen LogP contribution in [0.3, 0.4) is 0 Å². The molecule has 0 radical (unpaired) electrons. The van der Waals surface area contributed by atoms with Gasteiger partial charge in [0.15, 0.2) is 0 Å². The van der Waals surface area contributed by atoms with E-state index in [0.29, 0.717) is 26.1 Å². The van der Waals surface area contributed by atoms with Gasteiger partial charge in [0.1, 0.15) is 0 Å². The number of thiophene rings is 5. The zero-order valence-corrected chi connectivity index (χ0v) is 25.8. The van der Waals surface area contributed by atoms with Crippen molar-refractivity contribution in [3.8, 4) is 39.0 Å². The lowest BCUT2D eigenvalue weighted by atomic mass is 10.3. The Bertz CT molecular complexity index is 1430. The number of carbonyl (C=O) groups is 2. The Morgan fingerprint density at radius 1 is 0.487 bits per heavy atom.